The van der Waals surface area contributed by atoms with E-state index in [1.807, 2.05) is 24.3 Å². The van der Waals surface area contributed by atoms with E-state index in [-0.39, 0.29) is 0 Å². The summed E-state index contributed by atoms with van der Waals surface area (Å²) in [6.07, 6.45) is 2.58. The van der Waals surface area contributed by atoms with Crippen molar-refractivity contribution in [3.63, 3.8) is 0 Å². The number of ether oxygens (including phenoxy) is 1. The predicted molar refractivity (Wildman–Crippen MR) is 93.0 cm³/mol. The van der Waals surface area contributed by atoms with Gasteiger partial charge in [-0.2, -0.15) is 0 Å². The Balaban J connectivity index is 1.82. The molecule has 2 nitrogen and oxygen atoms in total. The number of aryl methyl sites for hydroxylation is 1. The third-order valence-electron chi connectivity index (χ3n) is 3.49. The molecule has 1 fully saturated rings. The molecule has 0 unspecified atom stereocenters. The highest BCUT2D eigenvalue weighted by Crippen LogP contribution is 2.34. The molecule has 0 amide bonds. The molecule has 0 atom stereocenters. The zero-order chi connectivity index (χ0) is 14.8. The Kier molecular flexibility index (Phi) is 4.67. The molecule has 0 saturated heterocycles. The normalized spacial score (nSPS) is 14.2. The largest absolute Gasteiger partial charge is 0.456 e. The number of hydrogen-bond acceptors (Lipinski definition) is 2. The molecule has 110 valence electrons. The first-order valence-corrected chi connectivity index (χ1v) is 8.66. The van der Waals surface area contributed by atoms with Crippen molar-refractivity contribution in [3.8, 4) is 11.5 Å². The van der Waals surface area contributed by atoms with Crippen LogP contribution in [0.5, 0.6) is 11.5 Å². The van der Waals surface area contributed by atoms with Crippen molar-refractivity contribution < 1.29 is 4.74 Å². The molecule has 2 aromatic rings. The third-order valence-corrected chi connectivity index (χ3v) is 4.60. The second-order valence-electron chi connectivity index (χ2n) is 5.44. The van der Waals surface area contributed by atoms with Crippen molar-refractivity contribution in [2.24, 2.45) is 0 Å². The van der Waals surface area contributed by atoms with Crippen LogP contribution >= 0.6 is 31.9 Å². The van der Waals surface area contributed by atoms with Gasteiger partial charge in [-0.3, -0.25) is 0 Å². The molecule has 0 spiro atoms. The van der Waals surface area contributed by atoms with Crippen molar-refractivity contribution in [2.75, 3.05) is 0 Å². The SMILES string of the molecule is Cc1ccc(Oc2ccc(Br)cc2Br)c(CNC2CC2)c1. The van der Waals surface area contributed by atoms with Crippen LogP contribution in [-0.2, 0) is 6.54 Å². The van der Waals surface area contributed by atoms with Crippen molar-refractivity contribution in [3.05, 3.63) is 56.5 Å². The first kappa shape index (κ1) is 15.1. The first-order valence-electron chi connectivity index (χ1n) is 7.07. The quantitative estimate of drug-likeness (QED) is 0.696. The average Bonchev–Trinajstić information content (AvgIpc) is 3.26. The van der Waals surface area contributed by atoms with Gasteiger partial charge in [0.1, 0.15) is 11.5 Å². The van der Waals surface area contributed by atoms with E-state index >= 15 is 0 Å². The molecule has 3 rings (SSSR count). The molecule has 0 radical (unpaired) electrons. The van der Waals surface area contributed by atoms with Gasteiger partial charge in [0, 0.05) is 22.6 Å². The van der Waals surface area contributed by atoms with E-state index in [0.29, 0.717) is 6.04 Å². The monoisotopic (exact) mass is 409 g/mol. The van der Waals surface area contributed by atoms with E-state index in [2.05, 4.69) is 56.2 Å². The van der Waals surface area contributed by atoms with Gasteiger partial charge in [0.15, 0.2) is 0 Å². The molecule has 0 aliphatic heterocycles. The Morgan fingerprint density at radius 3 is 2.57 bits per heavy atom. The fourth-order valence-corrected chi connectivity index (χ4v) is 3.29. The minimum Gasteiger partial charge on any atom is -0.456 e. The minimum atomic E-state index is 0.692. The van der Waals surface area contributed by atoms with Crippen molar-refractivity contribution >= 4 is 31.9 Å². The topological polar surface area (TPSA) is 21.3 Å². The second kappa shape index (κ2) is 6.51. The summed E-state index contributed by atoms with van der Waals surface area (Å²) in [7, 11) is 0. The van der Waals surface area contributed by atoms with E-state index in [1.54, 1.807) is 0 Å². The van der Waals surface area contributed by atoms with Gasteiger partial charge in [-0.25, -0.2) is 0 Å². The zero-order valence-electron chi connectivity index (χ0n) is 11.8. The van der Waals surface area contributed by atoms with Crippen LogP contribution in [0.4, 0.5) is 0 Å². The first-order chi connectivity index (χ1) is 10.1. The van der Waals surface area contributed by atoms with Gasteiger partial charge in [-0.05, 0) is 60.0 Å². The average molecular weight is 411 g/mol. The zero-order valence-corrected chi connectivity index (χ0v) is 15.0. The van der Waals surface area contributed by atoms with Crippen molar-refractivity contribution in [1.82, 2.24) is 5.32 Å². The third kappa shape index (κ3) is 4.09. The lowest BCUT2D eigenvalue weighted by atomic mass is 10.1. The van der Waals surface area contributed by atoms with Crippen LogP contribution in [0.2, 0.25) is 0 Å². The van der Waals surface area contributed by atoms with Crippen LogP contribution in [0.3, 0.4) is 0 Å². The number of benzene rings is 2. The number of hydrogen-bond donors (Lipinski definition) is 1. The summed E-state index contributed by atoms with van der Waals surface area (Å²) in [6.45, 7) is 2.97. The highest BCUT2D eigenvalue weighted by molar-refractivity contribution is 9.11. The van der Waals surface area contributed by atoms with Gasteiger partial charge in [-0.15, -0.1) is 0 Å². The smallest absolute Gasteiger partial charge is 0.141 e. The summed E-state index contributed by atoms with van der Waals surface area (Å²) < 4.78 is 8.07. The maximum Gasteiger partial charge on any atom is 0.141 e. The van der Waals surface area contributed by atoms with Crippen LogP contribution in [0.15, 0.2) is 45.3 Å². The van der Waals surface area contributed by atoms with E-state index in [1.165, 1.54) is 24.0 Å². The molecule has 21 heavy (non-hydrogen) atoms. The van der Waals surface area contributed by atoms with Crippen LogP contribution in [0, 0.1) is 6.92 Å². The van der Waals surface area contributed by atoms with E-state index in [9.17, 15) is 0 Å². The highest BCUT2D eigenvalue weighted by atomic mass is 79.9. The molecule has 1 aliphatic rings. The van der Waals surface area contributed by atoms with Crippen LogP contribution in [0.25, 0.3) is 0 Å². The minimum absolute atomic E-state index is 0.692. The molecule has 4 heteroatoms. The Morgan fingerprint density at radius 1 is 1.10 bits per heavy atom. The summed E-state index contributed by atoms with van der Waals surface area (Å²) in [5.74, 6) is 1.74. The fourth-order valence-electron chi connectivity index (χ4n) is 2.16. The lowest BCUT2D eigenvalue weighted by Gasteiger charge is -2.14. The van der Waals surface area contributed by atoms with Gasteiger partial charge in [-0.1, -0.05) is 33.6 Å². The summed E-state index contributed by atoms with van der Waals surface area (Å²) >= 11 is 7.00. The molecule has 1 saturated carbocycles. The molecule has 0 aromatic heterocycles. The van der Waals surface area contributed by atoms with Gasteiger partial charge in [0.2, 0.25) is 0 Å². The maximum atomic E-state index is 6.10. The van der Waals surface area contributed by atoms with E-state index in [4.69, 9.17) is 4.74 Å². The Labute approximate surface area is 142 Å². The summed E-state index contributed by atoms with van der Waals surface area (Å²) in [4.78, 5) is 0. The summed E-state index contributed by atoms with van der Waals surface area (Å²) in [5, 5.41) is 3.55. The fraction of sp³-hybridized carbons (Fsp3) is 0.294. The van der Waals surface area contributed by atoms with E-state index in [0.717, 1.165) is 27.0 Å². The van der Waals surface area contributed by atoms with Crippen LogP contribution < -0.4 is 10.1 Å². The molecular weight excluding hydrogens is 394 g/mol. The lowest BCUT2D eigenvalue weighted by Crippen LogP contribution is -2.15. The Hall–Kier alpha value is -0.840. The van der Waals surface area contributed by atoms with Gasteiger partial charge < -0.3 is 10.1 Å². The second-order valence-corrected chi connectivity index (χ2v) is 7.21. The van der Waals surface area contributed by atoms with Crippen LogP contribution in [0.1, 0.15) is 24.0 Å². The Morgan fingerprint density at radius 2 is 1.86 bits per heavy atom. The van der Waals surface area contributed by atoms with Crippen molar-refractivity contribution in [1.29, 1.82) is 0 Å². The van der Waals surface area contributed by atoms with Crippen LogP contribution in [-0.4, -0.2) is 6.04 Å². The molecule has 2 aromatic carbocycles. The maximum absolute atomic E-state index is 6.10. The standard InChI is InChI=1S/C17H17Br2NO/c1-11-2-6-16(12(8-11)10-20-14-4-5-14)21-17-7-3-13(18)9-15(17)19/h2-3,6-9,14,20H,4-5,10H2,1H3. The molecule has 1 N–H and O–H groups in total. The molecule has 0 heterocycles. The van der Waals surface area contributed by atoms with Crippen molar-refractivity contribution in [2.45, 2.75) is 32.4 Å². The highest BCUT2D eigenvalue weighted by Gasteiger charge is 2.20. The predicted octanol–water partition coefficient (Wildman–Crippen LogP) is 5.56. The summed E-state index contributed by atoms with van der Waals surface area (Å²) in [6, 6.07) is 13.0. The Bertz CT molecular complexity index is 653. The molecular formula is C17H17Br2NO. The van der Waals surface area contributed by atoms with Gasteiger partial charge in [0.25, 0.3) is 0 Å². The molecule has 1 aliphatic carbocycles. The number of nitrogens with one attached hydrogen (secondary N) is 1. The number of rotatable bonds is 5. The lowest BCUT2D eigenvalue weighted by molar-refractivity contribution is 0.469. The number of halogens is 2. The molecule has 0 bridgehead atoms. The van der Waals surface area contributed by atoms with Gasteiger partial charge in [0.05, 0.1) is 4.47 Å². The van der Waals surface area contributed by atoms with E-state index < -0.39 is 0 Å². The summed E-state index contributed by atoms with van der Waals surface area (Å²) in [5.41, 5.74) is 2.46. The van der Waals surface area contributed by atoms with Gasteiger partial charge >= 0.3 is 0 Å².